The Bertz CT molecular complexity index is 531. The monoisotopic (exact) mass is 276 g/mol. The van der Waals surface area contributed by atoms with Crippen molar-refractivity contribution in [2.75, 3.05) is 14.2 Å². The molecule has 1 unspecified atom stereocenters. The number of benzene rings is 1. The lowest BCUT2D eigenvalue weighted by Crippen LogP contribution is -2.20. The molecule has 4 heteroatoms. The summed E-state index contributed by atoms with van der Waals surface area (Å²) in [6.45, 7) is 0. The van der Waals surface area contributed by atoms with Crippen LogP contribution in [0.15, 0.2) is 42.6 Å². The van der Waals surface area contributed by atoms with Gasteiger partial charge in [-0.05, 0) is 37.4 Å². The molecule has 0 aliphatic heterocycles. The van der Waals surface area contributed by atoms with Gasteiger partial charge in [0.25, 0.3) is 0 Å². The second-order valence-electron chi connectivity index (χ2n) is 4.25. The molecule has 1 atom stereocenters. The lowest BCUT2D eigenvalue weighted by molar-refractivity contribution is 0.401. The summed E-state index contributed by atoms with van der Waals surface area (Å²) in [4.78, 5) is 4.36. The van der Waals surface area contributed by atoms with Gasteiger partial charge < -0.3 is 10.1 Å². The molecule has 1 heterocycles. The van der Waals surface area contributed by atoms with Crippen LogP contribution in [0.4, 0.5) is 0 Å². The number of hydrogen-bond donors (Lipinski definition) is 1. The molecule has 0 aliphatic carbocycles. The topological polar surface area (TPSA) is 34.2 Å². The Kier molecular flexibility index (Phi) is 4.77. The standard InChI is InChI=1S/C15H17ClN2O/c1-17-14(10-12-5-3-4-8-18-12)13-9-11(16)6-7-15(13)19-2/h3-9,14,17H,10H2,1-2H3. The zero-order valence-corrected chi connectivity index (χ0v) is 11.8. The first-order valence-corrected chi connectivity index (χ1v) is 6.53. The maximum absolute atomic E-state index is 6.08. The number of aromatic nitrogens is 1. The first-order chi connectivity index (χ1) is 9.24. The van der Waals surface area contributed by atoms with Gasteiger partial charge in [-0.1, -0.05) is 17.7 Å². The highest BCUT2D eigenvalue weighted by atomic mass is 35.5. The minimum absolute atomic E-state index is 0.114. The highest BCUT2D eigenvalue weighted by Gasteiger charge is 2.16. The number of pyridine rings is 1. The maximum atomic E-state index is 6.08. The largest absolute Gasteiger partial charge is 0.496 e. The lowest BCUT2D eigenvalue weighted by Gasteiger charge is -2.19. The van der Waals surface area contributed by atoms with Gasteiger partial charge in [0.15, 0.2) is 0 Å². The van der Waals surface area contributed by atoms with E-state index >= 15 is 0 Å². The molecule has 3 nitrogen and oxygen atoms in total. The van der Waals surface area contributed by atoms with E-state index in [4.69, 9.17) is 16.3 Å². The Morgan fingerprint density at radius 1 is 1.32 bits per heavy atom. The number of halogens is 1. The number of nitrogens with one attached hydrogen (secondary N) is 1. The normalized spacial score (nSPS) is 12.2. The fourth-order valence-electron chi connectivity index (χ4n) is 2.07. The molecule has 1 aromatic heterocycles. The van der Waals surface area contributed by atoms with Gasteiger partial charge in [-0.25, -0.2) is 0 Å². The van der Waals surface area contributed by atoms with Gasteiger partial charge in [-0.2, -0.15) is 0 Å². The zero-order chi connectivity index (χ0) is 13.7. The predicted octanol–water partition coefficient (Wildman–Crippen LogP) is 3.25. The molecule has 0 fully saturated rings. The van der Waals surface area contributed by atoms with Crippen LogP contribution in [0.1, 0.15) is 17.3 Å². The van der Waals surface area contributed by atoms with Crippen molar-refractivity contribution in [1.82, 2.24) is 10.3 Å². The van der Waals surface area contributed by atoms with Crippen molar-refractivity contribution in [2.45, 2.75) is 12.5 Å². The van der Waals surface area contributed by atoms with Crippen LogP contribution in [0.25, 0.3) is 0 Å². The lowest BCUT2D eigenvalue weighted by atomic mass is 10.0. The summed E-state index contributed by atoms with van der Waals surface area (Å²) >= 11 is 6.08. The van der Waals surface area contributed by atoms with Crippen LogP contribution in [0.5, 0.6) is 5.75 Å². The minimum atomic E-state index is 0.114. The smallest absolute Gasteiger partial charge is 0.123 e. The summed E-state index contributed by atoms with van der Waals surface area (Å²) in [5.74, 6) is 0.833. The van der Waals surface area contributed by atoms with Gasteiger partial charge >= 0.3 is 0 Å². The minimum Gasteiger partial charge on any atom is -0.496 e. The second-order valence-corrected chi connectivity index (χ2v) is 4.69. The van der Waals surface area contributed by atoms with E-state index in [-0.39, 0.29) is 6.04 Å². The Hall–Kier alpha value is -1.58. The van der Waals surface area contributed by atoms with Gasteiger partial charge in [-0.3, -0.25) is 4.98 Å². The highest BCUT2D eigenvalue weighted by Crippen LogP contribution is 2.29. The van der Waals surface area contributed by atoms with E-state index in [1.165, 1.54) is 0 Å². The summed E-state index contributed by atoms with van der Waals surface area (Å²) in [5.41, 5.74) is 2.08. The van der Waals surface area contributed by atoms with Gasteiger partial charge in [0.2, 0.25) is 0 Å². The molecule has 0 amide bonds. The number of ether oxygens (including phenoxy) is 1. The van der Waals surface area contributed by atoms with E-state index in [1.807, 2.05) is 43.4 Å². The van der Waals surface area contributed by atoms with Crippen LogP contribution >= 0.6 is 11.6 Å². The zero-order valence-electron chi connectivity index (χ0n) is 11.1. The molecule has 0 radical (unpaired) electrons. The van der Waals surface area contributed by atoms with Crippen molar-refractivity contribution in [1.29, 1.82) is 0 Å². The van der Waals surface area contributed by atoms with E-state index in [2.05, 4.69) is 10.3 Å². The third kappa shape index (κ3) is 3.46. The van der Waals surface area contributed by atoms with Crippen LogP contribution in [-0.4, -0.2) is 19.1 Å². The van der Waals surface area contributed by atoms with E-state index in [0.29, 0.717) is 5.02 Å². The molecule has 0 aliphatic rings. The Balaban J connectivity index is 2.29. The summed E-state index contributed by atoms with van der Waals surface area (Å²) in [7, 11) is 3.59. The number of hydrogen-bond acceptors (Lipinski definition) is 3. The summed E-state index contributed by atoms with van der Waals surface area (Å²) < 4.78 is 5.40. The van der Waals surface area contributed by atoms with Crippen LogP contribution in [-0.2, 0) is 6.42 Å². The summed E-state index contributed by atoms with van der Waals surface area (Å²) in [6.07, 6.45) is 2.59. The number of likely N-dealkylation sites (N-methyl/N-ethyl adjacent to an activating group) is 1. The second kappa shape index (κ2) is 6.55. The van der Waals surface area contributed by atoms with Crippen LogP contribution in [0.2, 0.25) is 5.02 Å². The molecule has 2 rings (SSSR count). The fourth-order valence-corrected chi connectivity index (χ4v) is 2.25. The molecule has 0 spiro atoms. The molecule has 0 saturated carbocycles. The molecule has 1 aromatic carbocycles. The van der Waals surface area contributed by atoms with Gasteiger partial charge in [0.05, 0.1) is 7.11 Å². The van der Waals surface area contributed by atoms with Crippen molar-refractivity contribution in [3.63, 3.8) is 0 Å². The first kappa shape index (κ1) is 13.8. The van der Waals surface area contributed by atoms with Crippen LogP contribution < -0.4 is 10.1 Å². The summed E-state index contributed by atoms with van der Waals surface area (Å²) in [6, 6.07) is 11.7. The van der Waals surface area contributed by atoms with Crippen molar-refractivity contribution in [3.05, 3.63) is 58.9 Å². The third-order valence-corrected chi connectivity index (χ3v) is 3.29. The molecule has 0 saturated heterocycles. The molecule has 100 valence electrons. The Morgan fingerprint density at radius 3 is 2.79 bits per heavy atom. The van der Waals surface area contributed by atoms with Crippen LogP contribution in [0, 0.1) is 0 Å². The van der Waals surface area contributed by atoms with Crippen molar-refractivity contribution >= 4 is 11.6 Å². The third-order valence-electron chi connectivity index (χ3n) is 3.06. The molecular weight excluding hydrogens is 260 g/mol. The number of methoxy groups -OCH3 is 1. The van der Waals surface area contributed by atoms with E-state index in [1.54, 1.807) is 13.3 Å². The number of nitrogens with zero attached hydrogens (tertiary/aromatic N) is 1. The maximum Gasteiger partial charge on any atom is 0.123 e. The van der Waals surface area contributed by atoms with Gasteiger partial charge in [0, 0.05) is 34.9 Å². The molecular formula is C15H17ClN2O. The Labute approximate surface area is 118 Å². The van der Waals surface area contributed by atoms with Crippen molar-refractivity contribution in [2.24, 2.45) is 0 Å². The van der Waals surface area contributed by atoms with E-state index < -0.39 is 0 Å². The average Bonchev–Trinajstić information content (AvgIpc) is 2.46. The Morgan fingerprint density at radius 2 is 2.16 bits per heavy atom. The first-order valence-electron chi connectivity index (χ1n) is 6.15. The molecule has 19 heavy (non-hydrogen) atoms. The predicted molar refractivity (Wildman–Crippen MR) is 77.7 cm³/mol. The number of rotatable bonds is 5. The van der Waals surface area contributed by atoms with Gasteiger partial charge in [-0.15, -0.1) is 0 Å². The van der Waals surface area contributed by atoms with Crippen molar-refractivity contribution < 1.29 is 4.74 Å². The highest BCUT2D eigenvalue weighted by molar-refractivity contribution is 6.30. The van der Waals surface area contributed by atoms with Crippen molar-refractivity contribution in [3.8, 4) is 5.75 Å². The SMILES string of the molecule is CNC(Cc1ccccn1)c1cc(Cl)ccc1OC. The summed E-state index contributed by atoms with van der Waals surface area (Å²) in [5, 5.41) is 4.00. The quantitative estimate of drug-likeness (QED) is 0.910. The van der Waals surface area contributed by atoms with E-state index in [9.17, 15) is 0 Å². The van der Waals surface area contributed by atoms with Crippen LogP contribution in [0.3, 0.4) is 0 Å². The molecule has 1 N–H and O–H groups in total. The fraction of sp³-hybridized carbons (Fsp3) is 0.267. The molecule has 2 aromatic rings. The van der Waals surface area contributed by atoms with Gasteiger partial charge in [0.1, 0.15) is 5.75 Å². The average molecular weight is 277 g/mol. The molecule has 0 bridgehead atoms. The van der Waals surface area contributed by atoms with E-state index in [0.717, 1.165) is 23.4 Å².